The highest BCUT2D eigenvalue weighted by atomic mass is 16.7. The maximum atomic E-state index is 14.3. The van der Waals surface area contributed by atoms with Crippen molar-refractivity contribution < 1.29 is 38.1 Å². The third-order valence-electron chi connectivity index (χ3n) is 13.5. The van der Waals surface area contributed by atoms with E-state index in [0.717, 1.165) is 44.8 Å². The molecule has 0 saturated carbocycles. The largest absolute Gasteiger partial charge is 0.458 e. The van der Waals surface area contributed by atoms with Crippen molar-refractivity contribution >= 4 is 24.0 Å². The molecule has 0 radical (unpaired) electrons. The molecule has 2 saturated heterocycles. The van der Waals surface area contributed by atoms with Gasteiger partial charge in [0.2, 0.25) is 0 Å². The lowest BCUT2D eigenvalue weighted by Crippen LogP contribution is -2.60. The molecular formula is C44H78O8. The molecule has 2 rings (SSSR count). The molecule has 0 aliphatic carbocycles. The van der Waals surface area contributed by atoms with E-state index in [9.17, 15) is 19.2 Å². The summed E-state index contributed by atoms with van der Waals surface area (Å²) in [4.78, 5) is 54.9. The summed E-state index contributed by atoms with van der Waals surface area (Å²) in [5.41, 5.74) is -2.24. The maximum Gasteiger partial charge on any atom is 0.316 e. The van der Waals surface area contributed by atoms with E-state index < -0.39 is 59.2 Å². The van der Waals surface area contributed by atoms with Gasteiger partial charge in [-0.3, -0.25) is 14.4 Å². The van der Waals surface area contributed by atoms with E-state index in [4.69, 9.17) is 18.9 Å². The third-order valence-corrected chi connectivity index (χ3v) is 13.5. The zero-order valence-electron chi connectivity index (χ0n) is 35.8. The number of carbonyl (C=O) groups excluding carboxylic acids is 4. The lowest BCUT2D eigenvalue weighted by molar-refractivity contribution is -0.264. The van der Waals surface area contributed by atoms with Crippen LogP contribution in [0, 0.1) is 64.6 Å². The van der Waals surface area contributed by atoms with Crippen LogP contribution in [-0.2, 0) is 38.1 Å². The van der Waals surface area contributed by atoms with Crippen LogP contribution in [0.15, 0.2) is 0 Å². The van der Waals surface area contributed by atoms with E-state index in [1.807, 2.05) is 27.7 Å². The second-order valence-electron chi connectivity index (χ2n) is 18.0. The average molecular weight is 735 g/mol. The van der Waals surface area contributed by atoms with Gasteiger partial charge in [-0.25, -0.2) is 0 Å². The Labute approximate surface area is 318 Å². The summed E-state index contributed by atoms with van der Waals surface area (Å²) in [7, 11) is 0. The van der Waals surface area contributed by atoms with Gasteiger partial charge in [0.25, 0.3) is 0 Å². The van der Waals surface area contributed by atoms with Crippen molar-refractivity contribution in [3.8, 4) is 0 Å². The van der Waals surface area contributed by atoms with Crippen LogP contribution in [0.1, 0.15) is 162 Å². The zero-order valence-corrected chi connectivity index (χ0v) is 35.8. The molecule has 0 aromatic rings. The Morgan fingerprint density at radius 3 is 2.15 bits per heavy atom. The van der Waals surface area contributed by atoms with Crippen LogP contribution >= 0.6 is 0 Å². The standard InChI is InChI=1S/C44H78O8/c1-16-19-20-21-28(6)31(9)40-43(14,25-45)24-26(4)22-29(7)39(51-42-32(10)36(27(5)17-2)23-30(8)49-42)33(11)38(47)34(12)41(48)50-37(18-3)44(40,15)52-35(13)46/h25-34,36-37,39-40,42H,16-24H2,1-15H3. The van der Waals surface area contributed by atoms with Crippen LogP contribution in [0.25, 0.3) is 0 Å². The van der Waals surface area contributed by atoms with Gasteiger partial charge in [-0.1, -0.05) is 108 Å². The molecule has 2 aliphatic rings. The van der Waals surface area contributed by atoms with Crippen molar-refractivity contribution in [2.24, 2.45) is 64.6 Å². The van der Waals surface area contributed by atoms with Gasteiger partial charge in [-0.15, -0.1) is 0 Å². The highest BCUT2D eigenvalue weighted by Crippen LogP contribution is 2.51. The number of unbranched alkanes of at least 4 members (excludes halogenated alkanes) is 2. The lowest BCUT2D eigenvalue weighted by atomic mass is 9.57. The van der Waals surface area contributed by atoms with Crippen LogP contribution in [0.4, 0.5) is 0 Å². The first-order chi connectivity index (χ1) is 24.2. The van der Waals surface area contributed by atoms with Crippen LogP contribution in [0.2, 0.25) is 0 Å². The highest BCUT2D eigenvalue weighted by molar-refractivity contribution is 6.00. The molecule has 2 heterocycles. The van der Waals surface area contributed by atoms with E-state index >= 15 is 0 Å². The molecule has 8 heteroatoms. The van der Waals surface area contributed by atoms with Crippen LogP contribution in [-0.4, -0.2) is 54.2 Å². The second-order valence-corrected chi connectivity index (χ2v) is 18.0. The highest BCUT2D eigenvalue weighted by Gasteiger charge is 2.57. The minimum absolute atomic E-state index is 0.0296. The summed E-state index contributed by atoms with van der Waals surface area (Å²) in [6, 6.07) is 0. The molecule has 0 N–H and O–H groups in total. The zero-order chi connectivity index (χ0) is 39.7. The predicted octanol–water partition coefficient (Wildman–Crippen LogP) is 10.0. The normalized spacial score (nSPS) is 40.2. The fourth-order valence-corrected chi connectivity index (χ4v) is 10.4. The van der Waals surface area contributed by atoms with Crippen molar-refractivity contribution in [2.75, 3.05) is 0 Å². The van der Waals surface area contributed by atoms with Crippen LogP contribution in [0.5, 0.6) is 0 Å². The number of ether oxygens (including phenoxy) is 4. The summed E-state index contributed by atoms with van der Waals surface area (Å²) in [5.74, 6) is -2.32. The molecule has 8 nitrogen and oxygen atoms in total. The van der Waals surface area contributed by atoms with E-state index in [1.165, 1.54) is 6.92 Å². The second kappa shape index (κ2) is 20.2. The average Bonchev–Trinajstić information content (AvgIpc) is 3.08. The SMILES string of the molecule is CCCCCC(C)C(C)C1C(C)(C=O)CC(C)CC(C)C(OC2OC(C)CC(C(C)CC)C2C)C(C)C(=O)C(C)C(=O)OC(CC)C1(C)OC(C)=O. The first-order valence-corrected chi connectivity index (χ1v) is 20.9. The predicted molar refractivity (Wildman–Crippen MR) is 207 cm³/mol. The molecule has 2 aliphatic heterocycles. The summed E-state index contributed by atoms with van der Waals surface area (Å²) in [5, 5.41) is 0. The van der Waals surface area contributed by atoms with Crippen LogP contribution < -0.4 is 0 Å². The molecule has 0 amide bonds. The minimum atomic E-state index is -1.32. The molecule has 0 bridgehead atoms. The minimum Gasteiger partial charge on any atom is -0.458 e. The quantitative estimate of drug-likeness (QED) is 0.0797. The first kappa shape index (κ1) is 46.4. The van der Waals surface area contributed by atoms with Crippen molar-refractivity contribution in [3.05, 3.63) is 0 Å². The number of hydrogen-bond acceptors (Lipinski definition) is 8. The number of Topliss-reactive ketones (excluding diaryl/α,β-unsaturated/α-hetero) is 1. The number of cyclic esters (lactones) is 1. The van der Waals surface area contributed by atoms with Gasteiger partial charge >= 0.3 is 11.9 Å². The molecule has 52 heavy (non-hydrogen) atoms. The van der Waals surface area contributed by atoms with E-state index in [0.29, 0.717) is 31.1 Å². The van der Waals surface area contributed by atoms with Gasteiger partial charge in [0.05, 0.1) is 12.2 Å². The Hall–Kier alpha value is -1.80. The number of hydrogen-bond donors (Lipinski definition) is 0. The topological polar surface area (TPSA) is 105 Å². The molecule has 16 unspecified atom stereocenters. The Bertz CT molecular complexity index is 1160. The summed E-state index contributed by atoms with van der Waals surface area (Å²) < 4.78 is 26.0. The van der Waals surface area contributed by atoms with Crippen LogP contribution in [0.3, 0.4) is 0 Å². The van der Waals surface area contributed by atoms with Crippen molar-refractivity contribution in [3.63, 3.8) is 0 Å². The lowest BCUT2D eigenvalue weighted by Gasteiger charge is -2.52. The Balaban J connectivity index is 2.73. The molecule has 302 valence electrons. The molecule has 0 aromatic carbocycles. The Morgan fingerprint density at radius 1 is 0.981 bits per heavy atom. The van der Waals surface area contributed by atoms with Gasteiger partial charge in [0, 0.05) is 30.1 Å². The fourth-order valence-electron chi connectivity index (χ4n) is 10.4. The third kappa shape index (κ3) is 11.1. The van der Waals surface area contributed by atoms with Gasteiger partial charge in [0.15, 0.2) is 12.1 Å². The van der Waals surface area contributed by atoms with Gasteiger partial charge in [-0.2, -0.15) is 0 Å². The monoisotopic (exact) mass is 735 g/mol. The first-order valence-electron chi connectivity index (χ1n) is 20.9. The fraction of sp³-hybridized carbons (Fsp3) is 0.909. The summed E-state index contributed by atoms with van der Waals surface area (Å²) in [6.45, 7) is 30.2. The van der Waals surface area contributed by atoms with E-state index in [-0.39, 0.29) is 41.5 Å². The smallest absolute Gasteiger partial charge is 0.316 e. The Morgan fingerprint density at radius 2 is 1.62 bits per heavy atom. The molecule has 0 aromatic heterocycles. The Kier molecular flexibility index (Phi) is 18.0. The number of carbonyl (C=O) groups is 4. The van der Waals surface area contributed by atoms with E-state index in [2.05, 4.69) is 62.3 Å². The van der Waals surface area contributed by atoms with Crippen molar-refractivity contribution in [2.45, 2.75) is 192 Å². The molecule has 0 spiro atoms. The van der Waals surface area contributed by atoms with Gasteiger partial charge in [0.1, 0.15) is 23.9 Å². The molecule has 16 atom stereocenters. The number of ketones is 1. The number of rotatable bonds is 13. The number of aldehydes is 1. The van der Waals surface area contributed by atoms with Crippen molar-refractivity contribution in [1.29, 1.82) is 0 Å². The summed E-state index contributed by atoms with van der Waals surface area (Å²) >= 11 is 0. The maximum absolute atomic E-state index is 14.3. The van der Waals surface area contributed by atoms with E-state index in [1.54, 1.807) is 6.92 Å². The van der Waals surface area contributed by atoms with Crippen molar-refractivity contribution in [1.82, 2.24) is 0 Å². The molecular weight excluding hydrogens is 656 g/mol. The van der Waals surface area contributed by atoms with Gasteiger partial charge in [-0.05, 0) is 82.0 Å². The summed E-state index contributed by atoms with van der Waals surface area (Å²) in [6.07, 6.45) is 7.12. The molecule has 2 fully saturated rings. The number of esters is 2. The van der Waals surface area contributed by atoms with Gasteiger partial charge < -0.3 is 23.7 Å².